The highest BCUT2D eigenvalue weighted by Crippen LogP contribution is 2.38. The summed E-state index contributed by atoms with van der Waals surface area (Å²) in [6, 6.07) is 38.5. The molecule has 0 saturated heterocycles. The smallest absolute Gasteiger partial charge is 0.344 e. The molecule has 0 atom stereocenters. The number of nitrogens with zero attached hydrogens (tertiary/aromatic N) is 1. The van der Waals surface area contributed by atoms with Crippen LogP contribution in [0, 0.1) is 0 Å². The van der Waals surface area contributed by atoms with Gasteiger partial charge < -0.3 is 4.42 Å². The highest BCUT2D eigenvalue weighted by molar-refractivity contribution is 7.26. The molecule has 0 saturated carbocycles. The number of para-hydroxylation sites is 1. The van der Waals surface area contributed by atoms with Gasteiger partial charge in [0.1, 0.15) is 5.58 Å². The second-order valence-electron chi connectivity index (χ2n) is 10.1. The molecule has 2 aromatic heterocycles. The first kappa shape index (κ1) is 24.9. The number of fused-ring (bicyclic) bond motifs is 6. The van der Waals surface area contributed by atoms with E-state index in [0.717, 1.165) is 43.4 Å². The Kier molecular flexibility index (Phi) is 6.18. The van der Waals surface area contributed by atoms with E-state index in [1.807, 2.05) is 60.7 Å². The normalized spacial score (nSPS) is 12.5. The second-order valence-corrected chi connectivity index (χ2v) is 11.1. The molecule has 0 aliphatic carbocycles. The predicted molar refractivity (Wildman–Crippen MR) is 175 cm³/mol. The van der Waals surface area contributed by atoms with E-state index in [-0.39, 0.29) is 5.63 Å². The number of allylic oxidation sites excluding steroid dienone is 2. The minimum absolute atomic E-state index is 0.363. The topological polar surface area (TPSA) is 42.6 Å². The minimum atomic E-state index is -0.363. The third-order valence-corrected chi connectivity index (χ3v) is 8.69. The summed E-state index contributed by atoms with van der Waals surface area (Å²) >= 11 is 1.76. The minimum Gasteiger partial charge on any atom is -0.422 e. The second kappa shape index (κ2) is 10.2. The van der Waals surface area contributed by atoms with Gasteiger partial charge in [-0.25, -0.2) is 9.79 Å². The maximum Gasteiger partial charge on any atom is 0.344 e. The SMILES string of the molecule is C=C(N=C(/C=C(\C)c1ccccc1)c1ccc2c(c1)c(=O)oc1ccccc12)c1cccc2c1sc1ccccc12. The van der Waals surface area contributed by atoms with Crippen LogP contribution in [-0.4, -0.2) is 5.71 Å². The molecule has 4 heteroatoms. The summed E-state index contributed by atoms with van der Waals surface area (Å²) in [4.78, 5) is 18.2. The first-order chi connectivity index (χ1) is 20.1. The van der Waals surface area contributed by atoms with Gasteiger partial charge in [-0.2, -0.15) is 0 Å². The number of rotatable bonds is 5. The van der Waals surface area contributed by atoms with Crippen LogP contribution in [0.3, 0.4) is 0 Å². The fraction of sp³-hybridized carbons (Fsp3) is 0.0270. The maximum atomic E-state index is 13.0. The molecule has 7 rings (SSSR count). The highest BCUT2D eigenvalue weighted by atomic mass is 32.1. The lowest BCUT2D eigenvalue weighted by Crippen LogP contribution is -2.04. The largest absolute Gasteiger partial charge is 0.422 e. The Morgan fingerprint density at radius 1 is 0.732 bits per heavy atom. The number of hydrogen-bond acceptors (Lipinski definition) is 4. The van der Waals surface area contributed by atoms with E-state index in [0.29, 0.717) is 16.7 Å². The van der Waals surface area contributed by atoms with Crippen molar-refractivity contribution in [2.24, 2.45) is 4.99 Å². The molecule has 0 bridgehead atoms. The van der Waals surface area contributed by atoms with Crippen LogP contribution in [0.5, 0.6) is 0 Å². The van der Waals surface area contributed by atoms with Gasteiger partial charge in [-0.3, -0.25) is 0 Å². The molecule has 2 heterocycles. The van der Waals surface area contributed by atoms with Crippen LogP contribution in [-0.2, 0) is 0 Å². The van der Waals surface area contributed by atoms with Crippen molar-refractivity contribution in [3.8, 4) is 0 Å². The van der Waals surface area contributed by atoms with Crippen LogP contribution in [0.4, 0.5) is 0 Å². The quantitative estimate of drug-likeness (QED) is 0.122. The van der Waals surface area contributed by atoms with Gasteiger partial charge in [-0.1, -0.05) is 104 Å². The van der Waals surface area contributed by atoms with Crippen LogP contribution < -0.4 is 5.63 Å². The molecule has 41 heavy (non-hydrogen) atoms. The lowest BCUT2D eigenvalue weighted by atomic mass is 9.99. The van der Waals surface area contributed by atoms with Crippen molar-refractivity contribution in [1.82, 2.24) is 0 Å². The summed E-state index contributed by atoms with van der Waals surface area (Å²) in [6.45, 7) is 6.49. The molecule has 0 aliphatic heterocycles. The Bertz CT molecular complexity index is 2250. The van der Waals surface area contributed by atoms with Crippen LogP contribution in [0.1, 0.15) is 23.6 Å². The summed E-state index contributed by atoms with van der Waals surface area (Å²) in [5.74, 6) is 0. The molecule has 7 aromatic rings. The van der Waals surface area contributed by atoms with Crippen molar-refractivity contribution in [2.75, 3.05) is 0 Å². The van der Waals surface area contributed by atoms with Crippen molar-refractivity contribution in [3.05, 3.63) is 155 Å². The van der Waals surface area contributed by atoms with Gasteiger partial charge in [0.2, 0.25) is 0 Å². The number of benzene rings is 5. The van der Waals surface area contributed by atoms with Gasteiger partial charge in [0.25, 0.3) is 0 Å². The van der Waals surface area contributed by atoms with Crippen molar-refractivity contribution in [3.63, 3.8) is 0 Å². The third kappa shape index (κ3) is 4.48. The Labute approximate surface area is 241 Å². The average Bonchev–Trinajstić information content (AvgIpc) is 3.40. The van der Waals surface area contributed by atoms with Gasteiger partial charge in [0.05, 0.1) is 16.8 Å². The summed E-state index contributed by atoms with van der Waals surface area (Å²) in [5, 5.41) is 4.73. The Morgan fingerprint density at radius 2 is 1.46 bits per heavy atom. The van der Waals surface area contributed by atoms with Crippen LogP contribution >= 0.6 is 11.3 Å². The molecule has 5 aromatic carbocycles. The molecule has 0 amide bonds. The van der Waals surface area contributed by atoms with Gasteiger partial charge in [-0.15, -0.1) is 11.3 Å². The number of aliphatic imine (C=N–C) groups is 1. The van der Waals surface area contributed by atoms with Crippen molar-refractivity contribution < 1.29 is 4.42 Å². The van der Waals surface area contributed by atoms with Gasteiger partial charge in [0.15, 0.2) is 0 Å². The average molecular weight is 548 g/mol. The summed E-state index contributed by atoms with van der Waals surface area (Å²) in [5.41, 5.74) is 5.59. The van der Waals surface area contributed by atoms with E-state index in [1.165, 1.54) is 15.5 Å². The van der Waals surface area contributed by atoms with Gasteiger partial charge >= 0.3 is 5.63 Å². The summed E-state index contributed by atoms with van der Waals surface area (Å²) < 4.78 is 8.06. The van der Waals surface area contributed by atoms with Gasteiger partial charge in [-0.05, 0) is 47.7 Å². The summed E-state index contributed by atoms with van der Waals surface area (Å²) in [7, 11) is 0. The molecule has 0 N–H and O–H groups in total. The molecular weight excluding hydrogens is 522 g/mol. The number of thiophene rings is 1. The monoisotopic (exact) mass is 547 g/mol. The Hall–Kier alpha value is -5.06. The number of hydrogen-bond donors (Lipinski definition) is 0. The molecule has 0 spiro atoms. The molecule has 0 radical (unpaired) electrons. The molecule has 0 aliphatic rings. The fourth-order valence-corrected chi connectivity index (χ4v) is 6.63. The van der Waals surface area contributed by atoms with E-state index in [2.05, 4.69) is 74.2 Å². The lowest BCUT2D eigenvalue weighted by molar-refractivity contribution is 0.569. The van der Waals surface area contributed by atoms with E-state index in [1.54, 1.807) is 11.3 Å². The van der Waals surface area contributed by atoms with Crippen molar-refractivity contribution in [2.45, 2.75) is 6.92 Å². The Morgan fingerprint density at radius 3 is 2.32 bits per heavy atom. The van der Waals surface area contributed by atoms with Crippen molar-refractivity contribution in [1.29, 1.82) is 0 Å². The van der Waals surface area contributed by atoms with Crippen molar-refractivity contribution >= 4 is 70.2 Å². The van der Waals surface area contributed by atoms with E-state index >= 15 is 0 Å². The van der Waals surface area contributed by atoms with E-state index in [9.17, 15) is 4.79 Å². The lowest BCUT2D eigenvalue weighted by Gasteiger charge is -2.10. The molecule has 0 fully saturated rings. The molecule has 196 valence electrons. The maximum absolute atomic E-state index is 13.0. The predicted octanol–water partition coefficient (Wildman–Crippen LogP) is 9.88. The summed E-state index contributed by atoms with van der Waals surface area (Å²) in [6.07, 6.45) is 2.06. The van der Waals surface area contributed by atoms with E-state index < -0.39 is 0 Å². The highest BCUT2D eigenvalue weighted by Gasteiger charge is 2.14. The first-order valence-corrected chi connectivity index (χ1v) is 14.3. The van der Waals surface area contributed by atoms with Crippen LogP contribution in [0.25, 0.3) is 53.2 Å². The Balaban J connectivity index is 1.42. The molecular formula is C37H25NO2S. The van der Waals surface area contributed by atoms with Crippen LogP contribution in [0.15, 0.2) is 142 Å². The zero-order valence-corrected chi connectivity index (χ0v) is 23.2. The first-order valence-electron chi connectivity index (χ1n) is 13.4. The molecule has 3 nitrogen and oxygen atoms in total. The van der Waals surface area contributed by atoms with E-state index in [4.69, 9.17) is 9.41 Å². The molecule has 0 unspecified atom stereocenters. The van der Waals surface area contributed by atoms with Gasteiger partial charge in [0, 0.05) is 36.7 Å². The fourth-order valence-electron chi connectivity index (χ4n) is 5.39. The third-order valence-electron chi connectivity index (χ3n) is 7.47. The zero-order valence-electron chi connectivity index (χ0n) is 22.4. The zero-order chi connectivity index (χ0) is 27.9. The standard InChI is InChI=1S/C37H25NO2S/c1-23(25-11-4-3-5-12-25)21-33(26-19-20-28-29-13-6-8-17-34(29)40-37(39)32(28)22-26)38-24(2)27-15-10-16-31-30-14-7-9-18-35(30)41-36(27)31/h3-22H,2H2,1H3/b23-21+,38-33?. The van der Waals surface area contributed by atoms with Crippen LogP contribution in [0.2, 0.25) is 0 Å².